The molecule has 25 heavy (non-hydrogen) atoms. The molecule has 0 unspecified atom stereocenters. The molecule has 1 aliphatic heterocycles. The van der Waals surface area contributed by atoms with Gasteiger partial charge in [-0.2, -0.15) is 0 Å². The van der Waals surface area contributed by atoms with Gasteiger partial charge in [-0.1, -0.05) is 54.1 Å². The zero-order chi connectivity index (χ0) is 17.8. The molecule has 1 heterocycles. The van der Waals surface area contributed by atoms with Gasteiger partial charge in [-0.05, 0) is 36.5 Å². The minimum absolute atomic E-state index is 0.258. The minimum atomic E-state index is -1.01. The number of aliphatic carboxylic acids is 1. The van der Waals surface area contributed by atoms with Crippen LogP contribution in [0.1, 0.15) is 24.0 Å². The van der Waals surface area contributed by atoms with Crippen LogP contribution >= 0.6 is 0 Å². The summed E-state index contributed by atoms with van der Waals surface area (Å²) in [4.78, 5) is 22.9. The number of carbonyl (C=O) groups excluding carboxylic acids is 1. The van der Waals surface area contributed by atoms with Gasteiger partial charge in [-0.3, -0.25) is 4.79 Å². The fourth-order valence-corrected chi connectivity index (χ4v) is 2.95. The maximum absolute atomic E-state index is 12.1. The Balaban J connectivity index is 1.55. The van der Waals surface area contributed by atoms with E-state index in [0.717, 1.165) is 16.7 Å². The summed E-state index contributed by atoms with van der Waals surface area (Å²) < 4.78 is 5.25. The molecular formula is C20H21NO4. The van der Waals surface area contributed by atoms with Crippen LogP contribution in [0.25, 0.3) is 11.1 Å². The van der Waals surface area contributed by atoms with Gasteiger partial charge in [0.05, 0.1) is 0 Å². The summed E-state index contributed by atoms with van der Waals surface area (Å²) in [5.74, 6) is -1.27. The van der Waals surface area contributed by atoms with Crippen LogP contribution < -0.4 is 5.32 Å². The van der Waals surface area contributed by atoms with Gasteiger partial charge in [0.1, 0.15) is 6.10 Å². The molecule has 1 saturated heterocycles. The van der Waals surface area contributed by atoms with E-state index in [2.05, 4.69) is 30.4 Å². The number of aryl methyl sites for hydroxylation is 1. The Morgan fingerprint density at radius 2 is 1.80 bits per heavy atom. The highest BCUT2D eigenvalue weighted by molar-refractivity contribution is 5.82. The quantitative estimate of drug-likeness (QED) is 0.878. The van der Waals surface area contributed by atoms with Crippen LogP contribution in [0.2, 0.25) is 0 Å². The highest BCUT2D eigenvalue weighted by Gasteiger charge is 2.34. The second-order valence-electron chi connectivity index (χ2n) is 6.31. The van der Waals surface area contributed by atoms with E-state index in [-0.39, 0.29) is 5.91 Å². The lowest BCUT2D eigenvalue weighted by atomic mass is 10.0. The van der Waals surface area contributed by atoms with E-state index >= 15 is 0 Å². The average Bonchev–Trinajstić information content (AvgIpc) is 3.11. The molecule has 2 N–H and O–H groups in total. The second-order valence-corrected chi connectivity index (χ2v) is 6.31. The molecule has 0 spiro atoms. The molecule has 1 amide bonds. The van der Waals surface area contributed by atoms with Crippen LogP contribution in [0.4, 0.5) is 0 Å². The molecule has 5 heteroatoms. The van der Waals surface area contributed by atoms with Crippen molar-refractivity contribution in [1.82, 2.24) is 5.32 Å². The van der Waals surface area contributed by atoms with Crippen molar-refractivity contribution in [1.29, 1.82) is 0 Å². The van der Waals surface area contributed by atoms with Crippen molar-refractivity contribution in [2.75, 3.05) is 0 Å². The molecule has 5 nitrogen and oxygen atoms in total. The summed E-state index contributed by atoms with van der Waals surface area (Å²) in [6.45, 7) is 2.46. The number of ether oxygens (including phenoxy) is 1. The van der Waals surface area contributed by atoms with E-state index < -0.39 is 18.2 Å². The monoisotopic (exact) mass is 339 g/mol. The Morgan fingerprint density at radius 1 is 1.08 bits per heavy atom. The van der Waals surface area contributed by atoms with E-state index in [1.807, 2.05) is 30.3 Å². The molecule has 2 aromatic rings. The summed E-state index contributed by atoms with van der Waals surface area (Å²) in [5.41, 5.74) is 4.49. The van der Waals surface area contributed by atoms with Crippen molar-refractivity contribution in [2.45, 2.75) is 38.5 Å². The van der Waals surface area contributed by atoms with E-state index in [9.17, 15) is 9.59 Å². The summed E-state index contributed by atoms with van der Waals surface area (Å²) in [5, 5.41) is 11.7. The maximum atomic E-state index is 12.1. The van der Waals surface area contributed by atoms with Crippen LogP contribution in [0, 0.1) is 6.92 Å². The Bertz CT molecular complexity index is 770. The largest absolute Gasteiger partial charge is 0.479 e. The van der Waals surface area contributed by atoms with Crippen LogP contribution in [-0.4, -0.2) is 29.2 Å². The Labute approximate surface area is 146 Å². The predicted octanol–water partition coefficient (Wildman–Crippen LogP) is 2.91. The highest BCUT2D eigenvalue weighted by atomic mass is 16.5. The van der Waals surface area contributed by atoms with Gasteiger partial charge in [0.2, 0.25) is 5.91 Å². The number of carboxylic acid groups (broad SMARTS) is 1. The lowest BCUT2D eigenvalue weighted by Crippen LogP contribution is -2.35. The molecule has 3 rings (SSSR count). The molecule has 0 bridgehead atoms. The number of benzene rings is 2. The first-order valence-electron chi connectivity index (χ1n) is 8.35. The third-order valence-electron chi connectivity index (χ3n) is 4.36. The van der Waals surface area contributed by atoms with E-state index in [4.69, 9.17) is 9.84 Å². The topological polar surface area (TPSA) is 75.6 Å². The van der Waals surface area contributed by atoms with Crippen LogP contribution in [0.3, 0.4) is 0 Å². The SMILES string of the molecule is Cc1cccc(-c2ccc(CNC(=O)[C@@H]3CC[C@H](C(=O)O)O3)cc2)c1. The predicted molar refractivity (Wildman–Crippen MR) is 94.0 cm³/mol. The highest BCUT2D eigenvalue weighted by Crippen LogP contribution is 2.22. The lowest BCUT2D eigenvalue weighted by molar-refractivity contribution is -0.151. The zero-order valence-electron chi connectivity index (χ0n) is 14.1. The second kappa shape index (κ2) is 7.49. The number of rotatable bonds is 5. The number of carboxylic acids is 1. The maximum Gasteiger partial charge on any atom is 0.332 e. The van der Waals surface area contributed by atoms with Crippen LogP contribution in [-0.2, 0) is 20.9 Å². The normalized spacial score (nSPS) is 19.6. The standard InChI is InChI=1S/C20H21NO4/c1-13-3-2-4-16(11-13)15-7-5-14(6-8-15)12-21-19(22)17-9-10-18(25-17)20(23)24/h2-8,11,17-18H,9-10,12H2,1H3,(H,21,22)(H,23,24)/t17-,18+/m0/s1. The molecule has 0 aliphatic carbocycles. The molecule has 1 fully saturated rings. The first-order chi connectivity index (χ1) is 12.0. The molecule has 0 radical (unpaired) electrons. The van der Waals surface area contributed by atoms with Crippen molar-refractivity contribution in [3.8, 4) is 11.1 Å². The molecule has 2 atom stereocenters. The van der Waals surface area contributed by atoms with Crippen molar-refractivity contribution in [2.24, 2.45) is 0 Å². The molecule has 2 aromatic carbocycles. The molecule has 1 aliphatic rings. The van der Waals surface area contributed by atoms with Crippen molar-refractivity contribution < 1.29 is 19.4 Å². The fraction of sp³-hybridized carbons (Fsp3) is 0.300. The Morgan fingerprint density at radius 3 is 2.44 bits per heavy atom. The lowest BCUT2D eigenvalue weighted by Gasteiger charge is -2.12. The third kappa shape index (κ3) is 4.25. The summed E-state index contributed by atoms with van der Waals surface area (Å²) >= 11 is 0. The molecular weight excluding hydrogens is 318 g/mol. The van der Waals surface area contributed by atoms with E-state index in [1.165, 1.54) is 5.56 Å². The molecule has 0 saturated carbocycles. The van der Waals surface area contributed by atoms with Gasteiger partial charge in [-0.15, -0.1) is 0 Å². The summed E-state index contributed by atoms with van der Waals surface area (Å²) in [6.07, 6.45) is -0.731. The number of amides is 1. The van der Waals surface area contributed by atoms with Gasteiger partial charge >= 0.3 is 5.97 Å². The van der Waals surface area contributed by atoms with Gasteiger partial charge in [0.25, 0.3) is 0 Å². The number of hydrogen-bond donors (Lipinski definition) is 2. The first-order valence-corrected chi connectivity index (χ1v) is 8.35. The molecule has 130 valence electrons. The first kappa shape index (κ1) is 17.2. The molecule has 0 aromatic heterocycles. The number of carbonyl (C=O) groups is 2. The summed E-state index contributed by atoms with van der Waals surface area (Å²) in [6, 6.07) is 16.3. The number of hydrogen-bond acceptors (Lipinski definition) is 3. The van der Waals surface area contributed by atoms with Crippen molar-refractivity contribution >= 4 is 11.9 Å². The minimum Gasteiger partial charge on any atom is -0.479 e. The zero-order valence-corrected chi connectivity index (χ0v) is 14.1. The fourth-order valence-electron chi connectivity index (χ4n) is 2.95. The van der Waals surface area contributed by atoms with Crippen molar-refractivity contribution in [3.63, 3.8) is 0 Å². The van der Waals surface area contributed by atoms with E-state index in [1.54, 1.807) is 0 Å². The van der Waals surface area contributed by atoms with Gasteiger partial charge < -0.3 is 15.2 Å². The van der Waals surface area contributed by atoms with Gasteiger partial charge in [-0.25, -0.2) is 4.79 Å². The average molecular weight is 339 g/mol. The van der Waals surface area contributed by atoms with Gasteiger partial charge in [0, 0.05) is 6.54 Å². The van der Waals surface area contributed by atoms with Crippen LogP contribution in [0.5, 0.6) is 0 Å². The van der Waals surface area contributed by atoms with Gasteiger partial charge in [0.15, 0.2) is 6.10 Å². The van der Waals surface area contributed by atoms with Crippen LogP contribution in [0.15, 0.2) is 48.5 Å². The Kier molecular flexibility index (Phi) is 5.14. The van der Waals surface area contributed by atoms with Crippen molar-refractivity contribution in [3.05, 3.63) is 59.7 Å². The number of nitrogens with one attached hydrogen (secondary N) is 1. The van der Waals surface area contributed by atoms with E-state index in [0.29, 0.717) is 19.4 Å². The third-order valence-corrected chi connectivity index (χ3v) is 4.36. The summed E-state index contributed by atoms with van der Waals surface area (Å²) in [7, 11) is 0. The smallest absolute Gasteiger partial charge is 0.332 e. The Hall–Kier alpha value is -2.66.